The van der Waals surface area contributed by atoms with Crippen LogP contribution >= 0.6 is 23.2 Å². The van der Waals surface area contributed by atoms with E-state index in [9.17, 15) is 16.8 Å². The van der Waals surface area contributed by atoms with Crippen molar-refractivity contribution in [3.05, 3.63) is 28.2 Å². The molecule has 0 atom stereocenters. The molecular weight excluding hydrogens is 393 g/mol. The smallest absolute Gasteiger partial charge is 0.229 e. The van der Waals surface area contributed by atoms with Crippen LogP contribution in [0.1, 0.15) is 26.7 Å². The number of benzene rings is 1. The predicted molar refractivity (Wildman–Crippen MR) is 96.9 cm³/mol. The molecule has 1 heterocycles. The Balaban J connectivity index is 2.18. The molecule has 0 N–H and O–H groups in total. The number of sulfone groups is 1. The molecule has 1 saturated heterocycles. The molecule has 2 rings (SSSR count). The molecule has 1 aromatic carbocycles. The van der Waals surface area contributed by atoms with Crippen molar-refractivity contribution < 1.29 is 16.8 Å². The fraction of sp³-hybridized carbons (Fsp3) is 0.600. The molecule has 0 aromatic heterocycles. The van der Waals surface area contributed by atoms with Gasteiger partial charge in [-0.2, -0.15) is 4.31 Å². The van der Waals surface area contributed by atoms with Crippen LogP contribution < -0.4 is 0 Å². The monoisotopic (exact) mass is 413 g/mol. The van der Waals surface area contributed by atoms with Gasteiger partial charge in [-0.3, -0.25) is 0 Å². The summed E-state index contributed by atoms with van der Waals surface area (Å²) in [6, 6.07) is 4.52. The summed E-state index contributed by atoms with van der Waals surface area (Å²) in [7, 11) is -7.05. The zero-order valence-corrected chi connectivity index (χ0v) is 16.7. The number of hydrogen-bond donors (Lipinski definition) is 0. The highest BCUT2D eigenvalue weighted by molar-refractivity contribution is 7.92. The lowest BCUT2D eigenvalue weighted by Gasteiger charge is -2.31. The predicted octanol–water partition coefficient (Wildman–Crippen LogP) is 3.22. The Morgan fingerprint density at radius 1 is 1.08 bits per heavy atom. The number of hydrogen-bond acceptors (Lipinski definition) is 4. The van der Waals surface area contributed by atoms with Gasteiger partial charge < -0.3 is 0 Å². The first-order valence-electron chi connectivity index (χ1n) is 7.71. The topological polar surface area (TPSA) is 71.5 Å². The van der Waals surface area contributed by atoms with Crippen molar-refractivity contribution in [2.24, 2.45) is 5.92 Å². The molecule has 0 amide bonds. The third-order valence-electron chi connectivity index (χ3n) is 3.99. The highest BCUT2D eigenvalue weighted by Crippen LogP contribution is 2.33. The van der Waals surface area contributed by atoms with Crippen molar-refractivity contribution in [3.8, 4) is 0 Å². The molecule has 0 spiro atoms. The Hall–Kier alpha value is -0.340. The van der Waals surface area contributed by atoms with Crippen LogP contribution in [0.3, 0.4) is 0 Å². The molecule has 0 radical (unpaired) electrons. The van der Waals surface area contributed by atoms with E-state index >= 15 is 0 Å². The minimum Gasteiger partial charge on any atom is -0.229 e. The average Bonchev–Trinajstić information content (AvgIpc) is 2.45. The average molecular weight is 414 g/mol. The van der Waals surface area contributed by atoms with Crippen molar-refractivity contribution in [2.75, 3.05) is 18.8 Å². The minimum atomic E-state index is -3.84. The van der Waals surface area contributed by atoms with Crippen molar-refractivity contribution in [1.82, 2.24) is 4.31 Å². The molecule has 0 bridgehead atoms. The Kier molecular flexibility index (Phi) is 6.24. The summed E-state index contributed by atoms with van der Waals surface area (Å²) in [4.78, 5) is -0.114. The molecule has 0 unspecified atom stereocenters. The quantitative estimate of drug-likeness (QED) is 0.742. The second-order valence-corrected chi connectivity index (χ2v) is 11.4. The van der Waals surface area contributed by atoms with Crippen LogP contribution in [0.25, 0.3) is 0 Å². The van der Waals surface area contributed by atoms with Crippen molar-refractivity contribution in [2.45, 2.75) is 36.8 Å². The maximum Gasteiger partial charge on any atom is 0.246 e. The van der Waals surface area contributed by atoms with Crippen LogP contribution in [0.4, 0.5) is 0 Å². The number of nitrogens with zero attached hydrogens (tertiary/aromatic N) is 1. The van der Waals surface area contributed by atoms with Gasteiger partial charge in [0.15, 0.2) is 9.84 Å². The molecule has 0 aliphatic carbocycles. The summed E-state index contributed by atoms with van der Waals surface area (Å²) >= 11 is 12.0. The van der Waals surface area contributed by atoms with Crippen molar-refractivity contribution in [3.63, 3.8) is 0 Å². The van der Waals surface area contributed by atoms with Gasteiger partial charge in [-0.25, -0.2) is 16.8 Å². The molecular formula is C15H21Cl2NO4S2. The van der Waals surface area contributed by atoms with Crippen LogP contribution in [0.15, 0.2) is 23.1 Å². The molecule has 24 heavy (non-hydrogen) atoms. The molecule has 1 aromatic rings. The summed E-state index contributed by atoms with van der Waals surface area (Å²) in [5, 5.41) is -0.359. The first-order valence-corrected chi connectivity index (χ1v) is 11.6. The van der Waals surface area contributed by atoms with Crippen LogP contribution in [0.2, 0.25) is 10.0 Å². The van der Waals surface area contributed by atoms with Gasteiger partial charge in [0.05, 0.1) is 21.0 Å². The molecule has 5 nitrogen and oxygen atoms in total. The van der Waals surface area contributed by atoms with Gasteiger partial charge in [-0.05, 0) is 30.9 Å². The van der Waals surface area contributed by atoms with Crippen LogP contribution in [0, 0.1) is 5.92 Å². The number of sulfonamides is 1. The summed E-state index contributed by atoms with van der Waals surface area (Å²) in [5.41, 5.74) is 0. The largest absolute Gasteiger partial charge is 0.246 e. The second-order valence-electron chi connectivity index (χ2n) is 6.38. The van der Waals surface area contributed by atoms with Crippen LogP contribution in [-0.4, -0.2) is 45.2 Å². The minimum absolute atomic E-state index is 0.0543. The zero-order chi connectivity index (χ0) is 18.1. The Labute approximate surface area is 153 Å². The van der Waals surface area contributed by atoms with E-state index in [-0.39, 0.29) is 52.5 Å². The summed E-state index contributed by atoms with van der Waals surface area (Å²) < 4.78 is 51.4. The molecule has 1 fully saturated rings. The number of piperidine rings is 1. The van der Waals surface area contributed by atoms with E-state index in [4.69, 9.17) is 23.2 Å². The molecule has 1 aliphatic rings. The van der Waals surface area contributed by atoms with Gasteiger partial charge in [0.25, 0.3) is 0 Å². The highest BCUT2D eigenvalue weighted by Gasteiger charge is 2.36. The SMILES string of the molecule is CC(C)CS(=O)(=O)C1CCN(S(=O)(=O)c2c(Cl)cccc2Cl)CC1. The summed E-state index contributed by atoms with van der Waals surface area (Å²) in [6.07, 6.45) is 0.576. The van der Waals surface area contributed by atoms with Crippen LogP contribution in [0.5, 0.6) is 0 Å². The molecule has 136 valence electrons. The van der Waals surface area contributed by atoms with E-state index in [0.717, 1.165) is 0 Å². The van der Waals surface area contributed by atoms with E-state index in [1.165, 1.54) is 16.4 Å². The van der Waals surface area contributed by atoms with Gasteiger partial charge in [0.1, 0.15) is 4.90 Å². The summed E-state index contributed by atoms with van der Waals surface area (Å²) in [6.45, 7) is 4.00. The van der Waals surface area contributed by atoms with Gasteiger partial charge in [-0.15, -0.1) is 0 Å². The Morgan fingerprint density at radius 2 is 1.58 bits per heavy atom. The first-order chi connectivity index (χ1) is 11.1. The first kappa shape index (κ1) is 20.0. The third-order valence-corrected chi connectivity index (χ3v) is 9.46. The lowest BCUT2D eigenvalue weighted by Crippen LogP contribution is -2.43. The van der Waals surface area contributed by atoms with E-state index in [2.05, 4.69) is 0 Å². The fourth-order valence-corrected chi connectivity index (χ4v) is 7.58. The van der Waals surface area contributed by atoms with Crippen molar-refractivity contribution >= 4 is 43.1 Å². The van der Waals surface area contributed by atoms with Crippen molar-refractivity contribution in [1.29, 1.82) is 0 Å². The highest BCUT2D eigenvalue weighted by atomic mass is 35.5. The molecule has 1 aliphatic heterocycles. The molecule has 9 heteroatoms. The van der Waals surface area contributed by atoms with E-state index in [1.54, 1.807) is 6.07 Å². The summed E-state index contributed by atoms with van der Waals surface area (Å²) in [5.74, 6) is 0.180. The number of rotatable bonds is 5. The van der Waals surface area contributed by atoms with Gasteiger partial charge >= 0.3 is 0 Å². The molecule has 0 saturated carbocycles. The number of halogens is 2. The standard InChI is InChI=1S/C15H21Cl2NO4S2/c1-11(2)10-23(19,20)12-6-8-18(9-7-12)24(21,22)15-13(16)4-3-5-14(15)17/h3-5,11-12H,6-10H2,1-2H3. The Bertz CT molecular complexity index is 779. The normalized spacial score (nSPS) is 18.2. The van der Waals surface area contributed by atoms with E-state index in [0.29, 0.717) is 0 Å². The zero-order valence-electron chi connectivity index (χ0n) is 13.6. The van der Waals surface area contributed by atoms with E-state index in [1.807, 2.05) is 13.8 Å². The lowest BCUT2D eigenvalue weighted by molar-refractivity contribution is 0.345. The fourth-order valence-electron chi connectivity index (χ4n) is 2.89. The third kappa shape index (κ3) is 4.25. The van der Waals surface area contributed by atoms with Gasteiger partial charge in [0.2, 0.25) is 10.0 Å². The van der Waals surface area contributed by atoms with Crippen LogP contribution in [-0.2, 0) is 19.9 Å². The lowest BCUT2D eigenvalue weighted by atomic mass is 10.2. The van der Waals surface area contributed by atoms with Gasteiger partial charge in [0, 0.05) is 13.1 Å². The van der Waals surface area contributed by atoms with Gasteiger partial charge in [-0.1, -0.05) is 43.1 Å². The van der Waals surface area contributed by atoms with E-state index < -0.39 is 25.1 Å². The Morgan fingerprint density at radius 3 is 2.04 bits per heavy atom. The maximum atomic E-state index is 12.8. The second kappa shape index (κ2) is 7.50. The maximum absolute atomic E-state index is 12.8.